The number of hydrogen-bond donors (Lipinski definition) is 2. The van der Waals surface area contributed by atoms with Crippen molar-refractivity contribution < 1.29 is 9.53 Å². The fourth-order valence-electron chi connectivity index (χ4n) is 3.92. The standard InChI is InChI=1S/C23H24N6O2/c1-28-9-11-29(12-10-28)23(30)15-3-5-16(6-4-15)25-22-21-19(14-24-27-21)18-13-17(31-2)7-8-20(18)26-22/h3-8,13-14H,9-12H2,1-2H3,(H,24,27)(H,25,26). The van der Waals surface area contributed by atoms with Gasteiger partial charge in [-0.2, -0.15) is 5.10 Å². The van der Waals surface area contributed by atoms with Crippen LogP contribution in [0.2, 0.25) is 0 Å². The van der Waals surface area contributed by atoms with Gasteiger partial charge in [0.15, 0.2) is 5.82 Å². The third-order valence-corrected chi connectivity index (χ3v) is 5.79. The second-order valence-corrected chi connectivity index (χ2v) is 7.80. The molecule has 2 aromatic carbocycles. The van der Waals surface area contributed by atoms with Crippen molar-refractivity contribution in [1.82, 2.24) is 25.0 Å². The molecule has 0 radical (unpaired) electrons. The number of fused-ring (bicyclic) bond motifs is 3. The van der Waals surface area contributed by atoms with Crippen LogP contribution >= 0.6 is 0 Å². The molecular weight excluding hydrogens is 392 g/mol. The molecule has 2 N–H and O–H groups in total. The smallest absolute Gasteiger partial charge is 0.253 e. The number of carbonyl (C=O) groups excluding carboxylic acids is 1. The molecule has 31 heavy (non-hydrogen) atoms. The molecule has 1 aliphatic rings. The summed E-state index contributed by atoms with van der Waals surface area (Å²) in [6.45, 7) is 3.34. The van der Waals surface area contributed by atoms with Gasteiger partial charge in [-0.25, -0.2) is 4.98 Å². The van der Waals surface area contributed by atoms with Gasteiger partial charge in [0, 0.05) is 48.2 Å². The lowest BCUT2D eigenvalue weighted by atomic mass is 10.1. The zero-order chi connectivity index (χ0) is 21.4. The number of carbonyl (C=O) groups is 1. The predicted molar refractivity (Wildman–Crippen MR) is 121 cm³/mol. The molecule has 0 bridgehead atoms. The van der Waals surface area contributed by atoms with Gasteiger partial charge in [0.1, 0.15) is 11.3 Å². The number of anilines is 2. The molecule has 0 aliphatic carbocycles. The Hall–Kier alpha value is -3.65. The summed E-state index contributed by atoms with van der Waals surface area (Å²) < 4.78 is 5.35. The van der Waals surface area contributed by atoms with Gasteiger partial charge >= 0.3 is 0 Å². The second kappa shape index (κ2) is 7.88. The molecular formula is C23H24N6O2. The molecule has 8 nitrogen and oxygen atoms in total. The van der Waals surface area contributed by atoms with E-state index >= 15 is 0 Å². The van der Waals surface area contributed by atoms with Crippen LogP contribution in [0.15, 0.2) is 48.7 Å². The van der Waals surface area contributed by atoms with Crippen LogP contribution in [0.3, 0.4) is 0 Å². The normalized spacial score (nSPS) is 14.8. The van der Waals surface area contributed by atoms with Gasteiger partial charge in [-0.1, -0.05) is 0 Å². The first kappa shape index (κ1) is 19.3. The highest BCUT2D eigenvalue weighted by Gasteiger charge is 2.20. The molecule has 1 amide bonds. The summed E-state index contributed by atoms with van der Waals surface area (Å²) in [5.41, 5.74) is 3.21. The molecule has 0 unspecified atom stereocenters. The minimum atomic E-state index is 0.0772. The van der Waals surface area contributed by atoms with Crippen LogP contribution in [-0.4, -0.2) is 71.2 Å². The number of H-pyrrole nitrogens is 1. The number of piperazine rings is 1. The number of rotatable bonds is 4. The maximum Gasteiger partial charge on any atom is 0.253 e. The van der Waals surface area contributed by atoms with Crippen molar-refractivity contribution >= 4 is 39.2 Å². The zero-order valence-corrected chi connectivity index (χ0v) is 17.6. The summed E-state index contributed by atoms with van der Waals surface area (Å²) >= 11 is 0. The van der Waals surface area contributed by atoms with E-state index in [1.54, 1.807) is 13.3 Å². The number of ether oxygens (including phenoxy) is 1. The SMILES string of the molecule is COc1ccc2nc(Nc3ccc(C(=O)N4CCN(C)CC4)cc3)c3[nH]ncc3c2c1. The molecule has 2 aromatic heterocycles. The van der Waals surface area contributed by atoms with Gasteiger partial charge in [0.2, 0.25) is 0 Å². The molecule has 1 saturated heterocycles. The van der Waals surface area contributed by atoms with Gasteiger partial charge < -0.3 is 19.9 Å². The first-order chi connectivity index (χ1) is 15.1. The quantitative estimate of drug-likeness (QED) is 0.531. The second-order valence-electron chi connectivity index (χ2n) is 7.80. The number of aromatic nitrogens is 3. The Kier molecular flexibility index (Phi) is 4.91. The van der Waals surface area contributed by atoms with Crippen molar-refractivity contribution in [2.75, 3.05) is 45.7 Å². The number of pyridine rings is 1. The summed E-state index contributed by atoms with van der Waals surface area (Å²) in [5, 5.41) is 12.5. The topological polar surface area (TPSA) is 86.4 Å². The van der Waals surface area contributed by atoms with Crippen LogP contribution in [0.25, 0.3) is 21.8 Å². The van der Waals surface area contributed by atoms with Gasteiger partial charge in [-0.05, 0) is 49.5 Å². The van der Waals surface area contributed by atoms with E-state index in [1.165, 1.54) is 0 Å². The minimum absolute atomic E-state index is 0.0772. The van der Waals surface area contributed by atoms with Gasteiger partial charge in [-0.15, -0.1) is 0 Å². The number of benzene rings is 2. The number of likely N-dealkylation sites (N-methyl/N-ethyl adjacent to an activating group) is 1. The van der Waals surface area contributed by atoms with Gasteiger partial charge in [0.25, 0.3) is 5.91 Å². The molecule has 0 atom stereocenters. The number of amides is 1. The summed E-state index contributed by atoms with van der Waals surface area (Å²) in [6.07, 6.45) is 1.79. The highest BCUT2D eigenvalue weighted by Crippen LogP contribution is 2.31. The lowest BCUT2D eigenvalue weighted by Crippen LogP contribution is -2.47. The monoisotopic (exact) mass is 416 g/mol. The van der Waals surface area contributed by atoms with Crippen molar-refractivity contribution in [3.05, 3.63) is 54.2 Å². The molecule has 1 aliphatic heterocycles. The summed E-state index contributed by atoms with van der Waals surface area (Å²) in [5.74, 6) is 1.54. The molecule has 8 heteroatoms. The Morgan fingerprint density at radius 2 is 1.84 bits per heavy atom. The minimum Gasteiger partial charge on any atom is -0.497 e. The molecule has 4 aromatic rings. The lowest BCUT2D eigenvalue weighted by molar-refractivity contribution is 0.0664. The zero-order valence-electron chi connectivity index (χ0n) is 17.6. The van der Waals surface area contributed by atoms with Crippen molar-refractivity contribution in [3.8, 4) is 5.75 Å². The van der Waals surface area contributed by atoms with Crippen molar-refractivity contribution in [2.24, 2.45) is 0 Å². The predicted octanol–water partition coefficient (Wildman–Crippen LogP) is 3.25. The van der Waals surface area contributed by atoms with E-state index in [9.17, 15) is 4.79 Å². The number of hydrogen-bond acceptors (Lipinski definition) is 6. The maximum atomic E-state index is 12.8. The van der Waals surface area contributed by atoms with Crippen LogP contribution in [0.4, 0.5) is 11.5 Å². The molecule has 158 valence electrons. The van der Waals surface area contributed by atoms with Crippen molar-refractivity contribution in [2.45, 2.75) is 0 Å². The van der Waals surface area contributed by atoms with E-state index in [-0.39, 0.29) is 5.91 Å². The molecule has 0 spiro atoms. The number of nitrogens with zero attached hydrogens (tertiary/aromatic N) is 4. The molecule has 5 rings (SSSR count). The number of methoxy groups -OCH3 is 1. The Morgan fingerprint density at radius 3 is 2.58 bits per heavy atom. The third-order valence-electron chi connectivity index (χ3n) is 5.79. The van der Waals surface area contributed by atoms with Crippen LogP contribution in [0.5, 0.6) is 5.75 Å². The van der Waals surface area contributed by atoms with Crippen LogP contribution in [-0.2, 0) is 0 Å². The van der Waals surface area contributed by atoms with Crippen LogP contribution < -0.4 is 10.1 Å². The van der Waals surface area contributed by atoms with E-state index < -0.39 is 0 Å². The van der Waals surface area contributed by atoms with Gasteiger partial charge in [0.05, 0.1) is 18.8 Å². The largest absolute Gasteiger partial charge is 0.497 e. The van der Waals surface area contributed by atoms with E-state index in [0.29, 0.717) is 11.4 Å². The fourth-order valence-corrected chi connectivity index (χ4v) is 3.92. The van der Waals surface area contributed by atoms with Crippen LogP contribution in [0, 0.1) is 0 Å². The summed E-state index contributed by atoms with van der Waals surface area (Å²) in [7, 11) is 3.73. The van der Waals surface area contributed by atoms with Crippen molar-refractivity contribution in [1.29, 1.82) is 0 Å². The van der Waals surface area contributed by atoms with Gasteiger partial charge in [-0.3, -0.25) is 9.89 Å². The Balaban J connectivity index is 1.40. The first-order valence-electron chi connectivity index (χ1n) is 10.3. The number of aromatic amines is 1. The Morgan fingerprint density at radius 1 is 1.06 bits per heavy atom. The summed E-state index contributed by atoms with van der Waals surface area (Å²) in [4.78, 5) is 21.7. The number of nitrogens with one attached hydrogen (secondary N) is 2. The molecule has 1 fully saturated rings. The first-order valence-corrected chi connectivity index (χ1v) is 10.3. The third kappa shape index (κ3) is 3.66. The van der Waals surface area contributed by atoms with E-state index in [2.05, 4.69) is 27.5 Å². The average molecular weight is 416 g/mol. The van der Waals surface area contributed by atoms with E-state index in [4.69, 9.17) is 9.72 Å². The Labute approximate surface area is 179 Å². The molecule has 0 saturated carbocycles. The van der Waals surface area contributed by atoms with Crippen molar-refractivity contribution in [3.63, 3.8) is 0 Å². The lowest BCUT2D eigenvalue weighted by Gasteiger charge is -2.32. The summed E-state index contributed by atoms with van der Waals surface area (Å²) in [6, 6.07) is 13.3. The average Bonchev–Trinajstić information content (AvgIpc) is 3.30. The Bertz CT molecular complexity index is 1240. The fraction of sp³-hybridized carbons (Fsp3) is 0.261. The highest BCUT2D eigenvalue weighted by molar-refractivity contribution is 6.09. The van der Waals surface area contributed by atoms with E-state index in [1.807, 2.05) is 47.4 Å². The maximum absolute atomic E-state index is 12.8. The molecule has 3 heterocycles. The van der Waals surface area contributed by atoms with E-state index in [0.717, 1.165) is 59.4 Å². The van der Waals surface area contributed by atoms with Crippen LogP contribution in [0.1, 0.15) is 10.4 Å². The highest BCUT2D eigenvalue weighted by atomic mass is 16.5.